The summed E-state index contributed by atoms with van der Waals surface area (Å²) < 4.78 is 5.29. The van der Waals surface area contributed by atoms with Crippen LogP contribution in [0.2, 0.25) is 0 Å². The second-order valence-corrected chi connectivity index (χ2v) is 7.51. The molecular weight excluding hydrogens is 392 g/mol. The molecule has 0 unspecified atom stereocenters. The lowest BCUT2D eigenvalue weighted by atomic mass is 10.0. The molecule has 1 aliphatic rings. The van der Waals surface area contributed by atoms with Crippen molar-refractivity contribution in [1.29, 1.82) is 5.26 Å². The summed E-state index contributed by atoms with van der Waals surface area (Å²) in [7, 11) is 0. The van der Waals surface area contributed by atoms with Gasteiger partial charge in [0, 0.05) is 19.5 Å². The summed E-state index contributed by atoms with van der Waals surface area (Å²) in [6.07, 6.45) is 1.53. The number of urea groups is 1. The number of hydrogen-bond acceptors (Lipinski definition) is 4. The van der Waals surface area contributed by atoms with Crippen LogP contribution in [-0.2, 0) is 22.4 Å². The number of rotatable bonds is 8. The van der Waals surface area contributed by atoms with Crippen molar-refractivity contribution < 1.29 is 14.3 Å². The highest BCUT2D eigenvalue weighted by Gasteiger charge is 2.26. The van der Waals surface area contributed by atoms with Gasteiger partial charge >= 0.3 is 6.03 Å². The molecule has 7 nitrogen and oxygen atoms in total. The van der Waals surface area contributed by atoms with Crippen LogP contribution < -0.4 is 10.6 Å². The van der Waals surface area contributed by atoms with Crippen LogP contribution in [-0.4, -0.2) is 55.2 Å². The third kappa shape index (κ3) is 7.12. The number of morpholine rings is 1. The van der Waals surface area contributed by atoms with Gasteiger partial charge in [0.15, 0.2) is 0 Å². The number of nitrogens with one attached hydrogen (secondary N) is 2. The largest absolute Gasteiger partial charge is 0.378 e. The number of nitrogens with zero attached hydrogens (tertiary/aromatic N) is 2. The van der Waals surface area contributed by atoms with Gasteiger partial charge in [0.2, 0.25) is 5.91 Å². The molecule has 0 saturated carbocycles. The first-order valence-electron chi connectivity index (χ1n) is 10.6. The van der Waals surface area contributed by atoms with E-state index in [0.29, 0.717) is 45.6 Å². The lowest BCUT2D eigenvalue weighted by Gasteiger charge is -2.29. The maximum Gasteiger partial charge on any atom is 0.318 e. The Kier molecular flexibility index (Phi) is 8.44. The lowest BCUT2D eigenvalue weighted by Crippen LogP contribution is -2.55. The van der Waals surface area contributed by atoms with E-state index in [1.807, 2.05) is 60.7 Å². The second-order valence-electron chi connectivity index (χ2n) is 7.51. The van der Waals surface area contributed by atoms with Gasteiger partial charge in [0.25, 0.3) is 0 Å². The van der Waals surface area contributed by atoms with Crippen LogP contribution in [0.4, 0.5) is 4.79 Å². The highest BCUT2D eigenvalue weighted by Crippen LogP contribution is 2.08. The predicted octanol–water partition coefficient (Wildman–Crippen LogP) is 2.28. The van der Waals surface area contributed by atoms with E-state index in [4.69, 9.17) is 4.74 Å². The van der Waals surface area contributed by atoms with E-state index < -0.39 is 12.1 Å². The number of carbonyl (C=O) groups is 2. The molecule has 3 rings (SSSR count). The zero-order valence-electron chi connectivity index (χ0n) is 17.5. The van der Waals surface area contributed by atoms with Crippen molar-refractivity contribution in [2.45, 2.75) is 31.3 Å². The average molecular weight is 421 g/mol. The maximum absolute atomic E-state index is 13.0. The second kappa shape index (κ2) is 11.7. The quantitative estimate of drug-likeness (QED) is 0.685. The normalized spacial score (nSPS) is 15.4. The molecule has 0 aromatic heterocycles. The van der Waals surface area contributed by atoms with E-state index in [1.54, 1.807) is 4.90 Å². The van der Waals surface area contributed by atoms with Gasteiger partial charge < -0.3 is 20.3 Å². The monoisotopic (exact) mass is 420 g/mol. The number of nitriles is 1. The van der Waals surface area contributed by atoms with Gasteiger partial charge in [-0.25, -0.2) is 4.79 Å². The maximum atomic E-state index is 13.0. The summed E-state index contributed by atoms with van der Waals surface area (Å²) >= 11 is 0. The van der Waals surface area contributed by atoms with Gasteiger partial charge in [0.1, 0.15) is 12.1 Å². The molecule has 1 saturated heterocycles. The molecule has 1 aliphatic heterocycles. The van der Waals surface area contributed by atoms with Crippen LogP contribution in [0.1, 0.15) is 17.5 Å². The third-order valence-corrected chi connectivity index (χ3v) is 5.23. The van der Waals surface area contributed by atoms with Crippen molar-refractivity contribution in [3.8, 4) is 6.07 Å². The Hall–Kier alpha value is -3.37. The van der Waals surface area contributed by atoms with Crippen molar-refractivity contribution in [2.24, 2.45) is 0 Å². The molecule has 0 bridgehead atoms. The minimum absolute atomic E-state index is 0.294. The Bertz CT molecular complexity index is 877. The Morgan fingerprint density at radius 1 is 0.968 bits per heavy atom. The van der Waals surface area contributed by atoms with Gasteiger partial charge in [-0.15, -0.1) is 0 Å². The summed E-state index contributed by atoms with van der Waals surface area (Å²) in [6.45, 7) is 1.95. The van der Waals surface area contributed by atoms with Crippen LogP contribution in [0.5, 0.6) is 0 Å². The van der Waals surface area contributed by atoms with Gasteiger partial charge in [-0.05, 0) is 24.0 Å². The van der Waals surface area contributed by atoms with Crippen LogP contribution >= 0.6 is 0 Å². The summed E-state index contributed by atoms with van der Waals surface area (Å²) in [4.78, 5) is 27.4. The Morgan fingerprint density at radius 3 is 2.19 bits per heavy atom. The van der Waals surface area contributed by atoms with E-state index in [9.17, 15) is 14.9 Å². The molecule has 0 aliphatic carbocycles. The lowest BCUT2D eigenvalue weighted by molar-refractivity contribution is -0.123. The molecule has 1 fully saturated rings. The number of carbonyl (C=O) groups excluding carboxylic acids is 2. The fourth-order valence-electron chi connectivity index (χ4n) is 3.46. The highest BCUT2D eigenvalue weighted by atomic mass is 16.5. The van der Waals surface area contributed by atoms with E-state index in [-0.39, 0.29) is 11.9 Å². The minimum atomic E-state index is -0.773. The van der Waals surface area contributed by atoms with Crippen LogP contribution in [0, 0.1) is 11.3 Å². The molecule has 0 radical (unpaired) electrons. The topological polar surface area (TPSA) is 94.5 Å². The standard InChI is InChI=1S/C24H28N4O3/c25-18-21(12-11-19-7-3-1-4-8-19)26-23(29)22(17-20-9-5-2-6-10-20)27-24(30)28-13-15-31-16-14-28/h1-10,21-22H,11-17H2,(H,26,29)(H,27,30)/t21-,22-/m0/s1. The first-order valence-corrected chi connectivity index (χ1v) is 10.6. The number of amides is 3. The van der Waals surface area contributed by atoms with E-state index >= 15 is 0 Å². The molecular formula is C24H28N4O3. The SMILES string of the molecule is N#C[C@H](CCc1ccccc1)NC(=O)[C@H](Cc1ccccc1)NC(=O)N1CCOCC1. The fourth-order valence-corrected chi connectivity index (χ4v) is 3.46. The fraction of sp³-hybridized carbons (Fsp3) is 0.375. The molecule has 2 atom stereocenters. The summed E-state index contributed by atoms with van der Waals surface area (Å²) in [5, 5.41) is 15.2. The van der Waals surface area contributed by atoms with Crippen molar-refractivity contribution >= 4 is 11.9 Å². The first kappa shape index (κ1) is 22.3. The molecule has 0 spiro atoms. The average Bonchev–Trinajstić information content (AvgIpc) is 2.83. The molecule has 2 N–H and O–H groups in total. The van der Waals surface area contributed by atoms with E-state index in [1.165, 1.54) is 0 Å². The van der Waals surface area contributed by atoms with Gasteiger partial charge in [-0.2, -0.15) is 5.26 Å². The first-order chi connectivity index (χ1) is 15.2. The molecule has 2 aromatic rings. The van der Waals surface area contributed by atoms with Gasteiger partial charge in [0.05, 0.1) is 19.3 Å². The highest BCUT2D eigenvalue weighted by molar-refractivity contribution is 5.87. The van der Waals surface area contributed by atoms with Gasteiger partial charge in [-0.3, -0.25) is 4.79 Å². The molecule has 31 heavy (non-hydrogen) atoms. The Balaban J connectivity index is 1.63. The predicted molar refractivity (Wildman–Crippen MR) is 117 cm³/mol. The van der Waals surface area contributed by atoms with Crippen molar-refractivity contribution in [2.75, 3.05) is 26.3 Å². The summed E-state index contributed by atoms with van der Waals surface area (Å²) in [5.74, 6) is -0.356. The molecule has 162 valence electrons. The number of hydrogen-bond donors (Lipinski definition) is 2. The third-order valence-electron chi connectivity index (χ3n) is 5.23. The zero-order chi connectivity index (χ0) is 21.9. The molecule has 1 heterocycles. The van der Waals surface area contributed by atoms with E-state index in [0.717, 1.165) is 11.1 Å². The summed E-state index contributed by atoms with van der Waals surface area (Å²) in [6, 6.07) is 19.8. The molecule has 2 aromatic carbocycles. The van der Waals surface area contributed by atoms with Crippen LogP contribution in [0.15, 0.2) is 60.7 Å². The van der Waals surface area contributed by atoms with Crippen LogP contribution in [0.3, 0.4) is 0 Å². The smallest absolute Gasteiger partial charge is 0.318 e. The number of ether oxygens (including phenoxy) is 1. The Labute approximate surface area is 183 Å². The minimum Gasteiger partial charge on any atom is -0.378 e. The van der Waals surface area contributed by atoms with E-state index in [2.05, 4.69) is 16.7 Å². The number of aryl methyl sites for hydroxylation is 1. The van der Waals surface area contributed by atoms with Crippen molar-refractivity contribution in [3.05, 3.63) is 71.8 Å². The molecule has 7 heteroatoms. The Morgan fingerprint density at radius 2 is 1.58 bits per heavy atom. The van der Waals surface area contributed by atoms with Crippen molar-refractivity contribution in [1.82, 2.24) is 15.5 Å². The van der Waals surface area contributed by atoms with Gasteiger partial charge in [-0.1, -0.05) is 60.7 Å². The zero-order valence-corrected chi connectivity index (χ0v) is 17.5. The molecule has 3 amide bonds. The summed E-state index contributed by atoms with van der Waals surface area (Å²) in [5.41, 5.74) is 2.04. The van der Waals surface area contributed by atoms with Crippen LogP contribution in [0.25, 0.3) is 0 Å². The van der Waals surface area contributed by atoms with Crippen molar-refractivity contribution in [3.63, 3.8) is 0 Å². The number of benzene rings is 2.